The van der Waals surface area contributed by atoms with Crippen LogP contribution in [-0.2, 0) is 0 Å². The topological polar surface area (TPSA) is 23.6 Å². The van der Waals surface area contributed by atoms with E-state index < -0.39 is 0 Å². The number of benzene rings is 1. The number of likely N-dealkylation sites (N-methyl/N-ethyl adjacent to an activating group) is 1. The fraction of sp³-hybridized carbons (Fsp3) is 0.526. The lowest BCUT2D eigenvalue weighted by molar-refractivity contribution is 0.156. The molecule has 0 spiro atoms. The number of nitrogens with zero attached hydrogens (tertiary/aromatic N) is 2. The standard InChI is InChI=1S/C19H28N2O/c1-6-10-17(13-14(2)3)21-18(15(4)20(5)19(21)22)16-11-8-7-9-12-16/h6-9,11-12,14-15,17-18H,1,10,13H2,2-5H3/t15-,17+,18-/m1/s1. The molecule has 1 aliphatic heterocycles. The van der Waals surface area contributed by atoms with Crippen LogP contribution in [0.25, 0.3) is 0 Å². The number of carbonyl (C=O) groups excluding carboxylic acids is 1. The zero-order valence-electron chi connectivity index (χ0n) is 14.2. The molecule has 0 radical (unpaired) electrons. The molecular formula is C19H28N2O. The van der Waals surface area contributed by atoms with Crippen LogP contribution in [0.1, 0.15) is 45.2 Å². The van der Waals surface area contributed by atoms with E-state index >= 15 is 0 Å². The van der Waals surface area contributed by atoms with Crippen LogP contribution in [0.2, 0.25) is 0 Å². The fourth-order valence-corrected chi connectivity index (χ4v) is 3.45. The van der Waals surface area contributed by atoms with Gasteiger partial charge in [0.05, 0.1) is 12.1 Å². The molecule has 1 aromatic carbocycles. The second kappa shape index (κ2) is 6.99. The van der Waals surface area contributed by atoms with Gasteiger partial charge >= 0.3 is 6.03 Å². The van der Waals surface area contributed by atoms with Crippen LogP contribution < -0.4 is 0 Å². The van der Waals surface area contributed by atoms with Gasteiger partial charge in [-0.15, -0.1) is 6.58 Å². The highest BCUT2D eigenvalue weighted by molar-refractivity contribution is 5.78. The molecule has 1 fully saturated rings. The molecule has 0 N–H and O–H groups in total. The van der Waals surface area contributed by atoms with Crippen LogP contribution in [-0.4, -0.2) is 35.0 Å². The second-order valence-electron chi connectivity index (χ2n) is 6.70. The zero-order valence-corrected chi connectivity index (χ0v) is 14.2. The maximum absolute atomic E-state index is 12.8. The Hall–Kier alpha value is -1.77. The molecule has 1 aliphatic rings. The molecule has 0 unspecified atom stereocenters. The van der Waals surface area contributed by atoms with Crippen molar-refractivity contribution >= 4 is 6.03 Å². The molecule has 120 valence electrons. The minimum atomic E-state index is 0.113. The normalized spacial score (nSPS) is 23.2. The second-order valence-corrected chi connectivity index (χ2v) is 6.70. The first-order valence-corrected chi connectivity index (χ1v) is 8.18. The Morgan fingerprint density at radius 3 is 2.45 bits per heavy atom. The van der Waals surface area contributed by atoms with E-state index in [9.17, 15) is 4.79 Å². The van der Waals surface area contributed by atoms with E-state index in [-0.39, 0.29) is 24.2 Å². The molecule has 0 bridgehead atoms. The van der Waals surface area contributed by atoms with Crippen molar-refractivity contribution in [2.75, 3.05) is 7.05 Å². The molecule has 1 saturated heterocycles. The van der Waals surface area contributed by atoms with Gasteiger partial charge in [-0.1, -0.05) is 50.3 Å². The molecule has 22 heavy (non-hydrogen) atoms. The van der Waals surface area contributed by atoms with Gasteiger partial charge in [-0.2, -0.15) is 0 Å². The van der Waals surface area contributed by atoms with Gasteiger partial charge < -0.3 is 9.80 Å². The van der Waals surface area contributed by atoms with Gasteiger partial charge in [-0.25, -0.2) is 4.79 Å². The molecule has 1 heterocycles. The Morgan fingerprint density at radius 1 is 1.27 bits per heavy atom. The summed E-state index contributed by atoms with van der Waals surface area (Å²) in [7, 11) is 1.91. The zero-order chi connectivity index (χ0) is 16.3. The fourth-order valence-electron chi connectivity index (χ4n) is 3.45. The van der Waals surface area contributed by atoms with Crippen LogP contribution >= 0.6 is 0 Å². The lowest BCUT2D eigenvalue weighted by Crippen LogP contribution is -2.40. The average Bonchev–Trinajstić information content (AvgIpc) is 2.71. The highest BCUT2D eigenvalue weighted by atomic mass is 16.2. The van der Waals surface area contributed by atoms with Gasteiger partial charge in [-0.05, 0) is 31.2 Å². The van der Waals surface area contributed by atoms with E-state index in [1.165, 1.54) is 5.56 Å². The third kappa shape index (κ3) is 3.18. The van der Waals surface area contributed by atoms with E-state index in [0.717, 1.165) is 12.8 Å². The molecule has 2 rings (SSSR count). The summed E-state index contributed by atoms with van der Waals surface area (Å²) in [5.74, 6) is 0.551. The SMILES string of the molecule is C=CC[C@@H](CC(C)C)N1C(=O)N(C)[C@H](C)[C@@H]1c1ccccc1. The Balaban J connectivity index is 2.39. The van der Waals surface area contributed by atoms with Crippen LogP contribution in [0.5, 0.6) is 0 Å². The predicted molar refractivity (Wildman–Crippen MR) is 91.7 cm³/mol. The molecule has 2 amide bonds. The minimum absolute atomic E-state index is 0.113. The molecule has 0 aromatic heterocycles. The number of hydrogen-bond acceptors (Lipinski definition) is 1. The lowest BCUT2D eigenvalue weighted by Gasteiger charge is -2.34. The third-order valence-electron chi connectivity index (χ3n) is 4.61. The van der Waals surface area contributed by atoms with Gasteiger partial charge in [0, 0.05) is 13.1 Å². The number of urea groups is 1. The Kier molecular flexibility index (Phi) is 5.28. The van der Waals surface area contributed by atoms with Crippen molar-refractivity contribution in [1.29, 1.82) is 0 Å². The summed E-state index contributed by atoms with van der Waals surface area (Å²) in [5, 5.41) is 0. The van der Waals surface area contributed by atoms with Gasteiger partial charge in [-0.3, -0.25) is 0 Å². The maximum Gasteiger partial charge on any atom is 0.320 e. The van der Waals surface area contributed by atoms with Crippen molar-refractivity contribution in [3.8, 4) is 0 Å². The van der Waals surface area contributed by atoms with Gasteiger partial charge in [0.1, 0.15) is 0 Å². The summed E-state index contributed by atoms with van der Waals surface area (Å²) in [6, 6.07) is 11.0. The smallest absolute Gasteiger partial charge is 0.320 e. The Bertz CT molecular complexity index is 511. The van der Waals surface area contributed by atoms with E-state index in [1.807, 2.05) is 36.2 Å². The first-order chi connectivity index (χ1) is 10.5. The molecule has 0 aliphatic carbocycles. The average molecular weight is 300 g/mol. The number of hydrogen-bond donors (Lipinski definition) is 0. The highest BCUT2D eigenvalue weighted by Gasteiger charge is 2.44. The molecule has 3 heteroatoms. The quantitative estimate of drug-likeness (QED) is 0.711. The van der Waals surface area contributed by atoms with E-state index in [4.69, 9.17) is 0 Å². The highest BCUT2D eigenvalue weighted by Crippen LogP contribution is 2.38. The third-order valence-corrected chi connectivity index (χ3v) is 4.61. The van der Waals surface area contributed by atoms with Crippen LogP contribution in [0, 0.1) is 5.92 Å². The van der Waals surface area contributed by atoms with E-state index in [1.54, 1.807) is 0 Å². The summed E-state index contributed by atoms with van der Waals surface area (Å²) in [6.07, 6.45) is 3.78. The van der Waals surface area contributed by atoms with Crippen molar-refractivity contribution in [3.05, 3.63) is 48.6 Å². The van der Waals surface area contributed by atoms with E-state index in [0.29, 0.717) is 5.92 Å². The minimum Gasteiger partial charge on any atom is -0.323 e. The van der Waals surface area contributed by atoms with Gasteiger partial charge in [0.2, 0.25) is 0 Å². The number of carbonyl (C=O) groups is 1. The van der Waals surface area contributed by atoms with Crippen LogP contribution in [0.15, 0.2) is 43.0 Å². The summed E-state index contributed by atoms with van der Waals surface area (Å²) >= 11 is 0. The largest absolute Gasteiger partial charge is 0.323 e. The molecule has 3 nitrogen and oxygen atoms in total. The molecule has 0 saturated carbocycles. The molecule has 1 aromatic rings. The summed E-state index contributed by atoms with van der Waals surface area (Å²) in [5.41, 5.74) is 1.21. The summed E-state index contributed by atoms with van der Waals surface area (Å²) < 4.78 is 0. The van der Waals surface area contributed by atoms with Crippen molar-refractivity contribution < 1.29 is 4.79 Å². The lowest BCUT2D eigenvalue weighted by atomic mass is 9.94. The summed E-state index contributed by atoms with van der Waals surface area (Å²) in [4.78, 5) is 16.8. The first-order valence-electron chi connectivity index (χ1n) is 8.18. The monoisotopic (exact) mass is 300 g/mol. The Labute approximate surface area is 134 Å². The molecular weight excluding hydrogens is 272 g/mol. The van der Waals surface area contributed by atoms with Crippen molar-refractivity contribution in [3.63, 3.8) is 0 Å². The molecule has 3 atom stereocenters. The van der Waals surface area contributed by atoms with Gasteiger partial charge in [0.15, 0.2) is 0 Å². The maximum atomic E-state index is 12.8. The van der Waals surface area contributed by atoms with Crippen LogP contribution in [0.4, 0.5) is 4.79 Å². The van der Waals surface area contributed by atoms with Crippen molar-refractivity contribution in [1.82, 2.24) is 9.80 Å². The Morgan fingerprint density at radius 2 is 1.91 bits per heavy atom. The number of rotatable bonds is 6. The van der Waals surface area contributed by atoms with Crippen molar-refractivity contribution in [2.45, 2.75) is 51.7 Å². The number of amides is 2. The van der Waals surface area contributed by atoms with E-state index in [2.05, 4.69) is 44.4 Å². The predicted octanol–water partition coefficient (Wildman–Crippen LogP) is 4.47. The van der Waals surface area contributed by atoms with Crippen LogP contribution in [0.3, 0.4) is 0 Å². The first kappa shape index (κ1) is 16.6. The summed E-state index contributed by atoms with van der Waals surface area (Å²) in [6.45, 7) is 10.4. The van der Waals surface area contributed by atoms with Crippen molar-refractivity contribution in [2.24, 2.45) is 5.92 Å². The van der Waals surface area contributed by atoms with Gasteiger partial charge in [0.25, 0.3) is 0 Å².